The molecule has 1 aromatic heterocycles. The second kappa shape index (κ2) is 7.04. The van der Waals surface area contributed by atoms with Crippen LogP contribution in [0.5, 0.6) is 0 Å². The molecule has 0 unspecified atom stereocenters. The molecule has 0 aliphatic carbocycles. The lowest BCUT2D eigenvalue weighted by Gasteiger charge is -2.07. The van der Waals surface area contributed by atoms with Gasteiger partial charge in [-0.05, 0) is 42.0 Å². The molecule has 0 saturated heterocycles. The molecule has 25 heavy (non-hydrogen) atoms. The number of rotatable bonds is 5. The quantitative estimate of drug-likeness (QED) is 0.650. The molecule has 0 aliphatic heterocycles. The molecule has 3 aromatic rings. The second-order valence-electron chi connectivity index (χ2n) is 5.36. The summed E-state index contributed by atoms with van der Waals surface area (Å²) in [6.45, 7) is -0.284. The Morgan fingerprint density at radius 1 is 1.16 bits per heavy atom. The Bertz CT molecular complexity index is 1000. The lowest BCUT2D eigenvalue weighted by molar-refractivity contribution is 0.271. The molecule has 1 heterocycles. The first-order valence-corrected chi connectivity index (χ1v) is 9.64. The average Bonchev–Trinajstić information content (AvgIpc) is 2.97. The van der Waals surface area contributed by atoms with Crippen molar-refractivity contribution in [1.82, 2.24) is 14.8 Å². The van der Waals surface area contributed by atoms with Gasteiger partial charge in [-0.3, -0.25) is 0 Å². The van der Waals surface area contributed by atoms with Crippen molar-refractivity contribution in [3.05, 3.63) is 70.2 Å². The topological polar surface area (TPSA) is 111 Å². The van der Waals surface area contributed by atoms with Gasteiger partial charge in [0.05, 0.1) is 10.6 Å². The smallest absolute Gasteiger partial charge is 0.238 e. The van der Waals surface area contributed by atoms with E-state index in [2.05, 4.69) is 26.0 Å². The molecule has 0 aliphatic rings. The van der Waals surface area contributed by atoms with Crippen molar-refractivity contribution in [2.75, 3.05) is 0 Å². The van der Waals surface area contributed by atoms with Gasteiger partial charge in [-0.15, -0.1) is 5.10 Å². The van der Waals surface area contributed by atoms with E-state index in [0.717, 1.165) is 10.0 Å². The van der Waals surface area contributed by atoms with E-state index in [1.807, 2.05) is 24.3 Å². The molecule has 0 amide bonds. The zero-order chi connectivity index (χ0) is 18.0. The third-order valence-corrected chi connectivity index (χ3v) is 4.94. The summed E-state index contributed by atoms with van der Waals surface area (Å²) < 4.78 is 25.3. The highest BCUT2D eigenvalue weighted by Crippen LogP contribution is 2.18. The number of hydrogen-bond donors (Lipinski definition) is 2. The second-order valence-corrected chi connectivity index (χ2v) is 7.84. The van der Waals surface area contributed by atoms with Gasteiger partial charge in [-0.25, -0.2) is 23.2 Å². The molecular formula is C16H15BrN4O3S. The van der Waals surface area contributed by atoms with Crippen LogP contribution in [0.25, 0.3) is 5.69 Å². The van der Waals surface area contributed by atoms with Crippen molar-refractivity contribution in [3.63, 3.8) is 0 Å². The van der Waals surface area contributed by atoms with Crippen molar-refractivity contribution < 1.29 is 13.5 Å². The first-order valence-electron chi connectivity index (χ1n) is 7.30. The predicted molar refractivity (Wildman–Crippen MR) is 95.6 cm³/mol. The third kappa shape index (κ3) is 4.13. The van der Waals surface area contributed by atoms with E-state index in [4.69, 9.17) is 5.14 Å². The van der Waals surface area contributed by atoms with Crippen LogP contribution in [-0.2, 0) is 23.1 Å². The maximum atomic E-state index is 11.4. The summed E-state index contributed by atoms with van der Waals surface area (Å²) in [5, 5.41) is 18.7. The van der Waals surface area contributed by atoms with E-state index >= 15 is 0 Å². The number of primary sulfonamides is 1. The van der Waals surface area contributed by atoms with Gasteiger partial charge in [0.15, 0.2) is 5.82 Å². The number of nitrogens with zero attached hydrogens (tertiary/aromatic N) is 3. The Hall–Kier alpha value is -2.07. The van der Waals surface area contributed by atoms with Crippen LogP contribution < -0.4 is 5.14 Å². The number of benzene rings is 2. The molecule has 0 fully saturated rings. The normalized spacial score (nSPS) is 11.6. The van der Waals surface area contributed by atoms with E-state index < -0.39 is 10.0 Å². The highest BCUT2D eigenvalue weighted by molar-refractivity contribution is 9.10. The molecule has 130 valence electrons. The zero-order valence-electron chi connectivity index (χ0n) is 13.0. The summed E-state index contributed by atoms with van der Waals surface area (Å²) in [5.41, 5.74) is 1.65. The average molecular weight is 423 g/mol. The number of sulfonamides is 1. The van der Waals surface area contributed by atoms with E-state index in [9.17, 15) is 13.5 Å². The largest absolute Gasteiger partial charge is 0.388 e. The first kappa shape index (κ1) is 17.7. The number of nitrogens with two attached hydrogens (primary N) is 1. The molecule has 0 spiro atoms. The van der Waals surface area contributed by atoms with Crippen LogP contribution in [-0.4, -0.2) is 28.3 Å². The molecule has 3 N–H and O–H groups in total. The third-order valence-electron chi connectivity index (χ3n) is 3.52. The highest BCUT2D eigenvalue weighted by atomic mass is 79.9. The maximum absolute atomic E-state index is 11.4. The van der Waals surface area contributed by atoms with Crippen LogP contribution in [0, 0.1) is 0 Å². The summed E-state index contributed by atoms with van der Waals surface area (Å²) in [6, 6.07) is 13.8. The summed E-state index contributed by atoms with van der Waals surface area (Å²) >= 11 is 3.43. The minimum Gasteiger partial charge on any atom is -0.388 e. The number of aliphatic hydroxyl groups excluding tert-OH is 1. The summed E-state index contributed by atoms with van der Waals surface area (Å²) in [7, 11) is -3.76. The van der Waals surface area contributed by atoms with Crippen molar-refractivity contribution >= 4 is 26.0 Å². The van der Waals surface area contributed by atoms with E-state index in [1.165, 1.54) is 12.1 Å². The minimum atomic E-state index is -3.76. The number of halogens is 1. The predicted octanol–water partition coefficient (Wildman–Crippen LogP) is 1.76. The number of aliphatic hydroxyl groups is 1. The summed E-state index contributed by atoms with van der Waals surface area (Å²) in [6.07, 6.45) is 0.503. The molecule has 0 atom stereocenters. The molecule has 0 bridgehead atoms. The minimum absolute atomic E-state index is 0.0206. The Labute approximate surface area is 153 Å². The standard InChI is InChI=1S/C16H15BrN4O3S/c17-12-3-1-2-11(8-12)9-16-19-15(10-22)20-21(16)13-4-6-14(7-5-13)25(18,23)24/h1-8,22H,9-10H2,(H2,18,23,24). The van der Waals surface area contributed by atoms with Gasteiger partial charge in [-0.2, -0.15) is 0 Å². The van der Waals surface area contributed by atoms with E-state index in [-0.39, 0.29) is 11.5 Å². The SMILES string of the molecule is NS(=O)(=O)c1ccc(-n2nc(CO)nc2Cc2cccc(Br)c2)cc1. The lowest BCUT2D eigenvalue weighted by atomic mass is 10.1. The number of hydrogen-bond acceptors (Lipinski definition) is 5. The summed E-state index contributed by atoms with van der Waals surface area (Å²) in [4.78, 5) is 4.37. The first-order chi connectivity index (χ1) is 11.9. The van der Waals surface area contributed by atoms with Gasteiger partial charge < -0.3 is 5.11 Å². The van der Waals surface area contributed by atoms with Gasteiger partial charge in [0, 0.05) is 10.9 Å². The molecular weight excluding hydrogens is 408 g/mol. The highest BCUT2D eigenvalue weighted by Gasteiger charge is 2.14. The molecule has 3 rings (SSSR count). The van der Waals surface area contributed by atoms with Crippen LogP contribution in [0.3, 0.4) is 0 Å². The fourth-order valence-electron chi connectivity index (χ4n) is 2.39. The fourth-order valence-corrected chi connectivity index (χ4v) is 3.35. The van der Waals surface area contributed by atoms with Crippen LogP contribution >= 0.6 is 15.9 Å². The Morgan fingerprint density at radius 3 is 2.48 bits per heavy atom. The Morgan fingerprint density at radius 2 is 1.88 bits per heavy atom. The molecule has 0 radical (unpaired) electrons. The molecule has 2 aromatic carbocycles. The van der Waals surface area contributed by atoms with Crippen molar-refractivity contribution in [1.29, 1.82) is 0 Å². The van der Waals surface area contributed by atoms with Crippen LogP contribution in [0.4, 0.5) is 0 Å². The van der Waals surface area contributed by atoms with Gasteiger partial charge in [-0.1, -0.05) is 28.1 Å². The van der Waals surface area contributed by atoms with Gasteiger partial charge in [0.1, 0.15) is 12.4 Å². The van der Waals surface area contributed by atoms with Gasteiger partial charge in [0.25, 0.3) is 0 Å². The summed E-state index contributed by atoms with van der Waals surface area (Å²) in [5.74, 6) is 0.922. The maximum Gasteiger partial charge on any atom is 0.238 e. The Kier molecular flexibility index (Phi) is 5.00. The fraction of sp³-hybridized carbons (Fsp3) is 0.125. The Balaban J connectivity index is 1.99. The van der Waals surface area contributed by atoms with Crippen LogP contribution in [0.15, 0.2) is 57.9 Å². The van der Waals surface area contributed by atoms with Gasteiger partial charge >= 0.3 is 0 Å². The molecule has 7 nitrogen and oxygen atoms in total. The van der Waals surface area contributed by atoms with Gasteiger partial charge in [0.2, 0.25) is 10.0 Å². The van der Waals surface area contributed by atoms with Crippen molar-refractivity contribution in [2.45, 2.75) is 17.9 Å². The van der Waals surface area contributed by atoms with Crippen LogP contribution in [0.1, 0.15) is 17.2 Å². The number of aromatic nitrogens is 3. The molecule has 9 heteroatoms. The lowest BCUT2D eigenvalue weighted by Crippen LogP contribution is -2.12. The molecule has 0 saturated carbocycles. The van der Waals surface area contributed by atoms with E-state index in [1.54, 1.807) is 16.8 Å². The van der Waals surface area contributed by atoms with Crippen molar-refractivity contribution in [2.24, 2.45) is 5.14 Å². The zero-order valence-corrected chi connectivity index (χ0v) is 15.4. The van der Waals surface area contributed by atoms with Crippen molar-refractivity contribution in [3.8, 4) is 5.69 Å². The van der Waals surface area contributed by atoms with Crippen LogP contribution in [0.2, 0.25) is 0 Å². The monoisotopic (exact) mass is 422 g/mol. The van der Waals surface area contributed by atoms with E-state index in [0.29, 0.717) is 23.8 Å².